The maximum Gasteiger partial charge on any atom is 0.220 e. The molecular weight excluding hydrogens is 498 g/mol. The molecule has 0 aromatic heterocycles. The molecule has 0 aromatic rings. The molecule has 0 saturated heterocycles. The summed E-state index contributed by atoms with van der Waals surface area (Å²) in [4.78, 5) is 12.3. The number of unbranched alkanes of at least 4 members (excludes halogenated alkanes) is 15. The van der Waals surface area contributed by atoms with Gasteiger partial charge in [0.05, 0.1) is 24.9 Å². The van der Waals surface area contributed by atoms with E-state index in [1.54, 1.807) is 6.08 Å². The first-order valence-corrected chi connectivity index (χ1v) is 16.5. The van der Waals surface area contributed by atoms with Gasteiger partial charge >= 0.3 is 0 Å². The zero-order chi connectivity index (χ0) is 29.5. The van der Waals surface area contributed by atoms with Crippen molar-refractivity contribution in [3.63, 3.8) is 0 Å². The van der Waals surface area contributed by atoms with Gasteiger partial charge in [0.15, 0.2) is 0 Å². The third-order valence-electron chi connectivity index (χ3n) is 7.15. The van der Waals surface area contributed by atoms with E-state index in [1.807, 2.05) is 30.4 Å². The third kappa shape index (κ3) is 26.5. The van der Waals surface area contributed by atoms with E-state index in [-0.39, 0.29) is 12.5 Å². The average Bonchev–Trinajstić information content (AvgIpc) is 2.95. The molecule has 1 unspecified atom stereocenters. The number of hydrogen-bond donors (Lipinski definition) is 4. The normalized spacial score (nSPS) is 14.6. The highest BCUT2D eigenvalue weighted by atomic mass is 16.3. The van der Waals surface area contributed by atoms with E-state index < -0.39 is 18.2 Å². The van der Waals surface area contributed by atoms with E-state index >= 15 is 0 Å². The fourth-order valence-corrected chi connectivity index (χ4v) is 4.56. The van der Waals surface area contributed by atoms with E-state index in [4.69, 9.17) is 0 Å². The van der Waals surface area contributed by atoms with Crippen molar-refractivity contribution >= 4 is 5.91 Å². The first-order chi connectivity index (χ1) is 19.5. The third-order valence-corrected chi connectivity index (χ3v) is 7.15. The first-order valence-electron chi connectivity index (χ1n) is 16.5. The average molecular weight is 562 g/mol. The highest BCUT2D eigenvalue weighted by Gasteiger charge is 2.17. The van der Waals surface area contributed by atoms with E-state index in [0.29, 0.717) is 12.8 Å². The molecule has 0 heterocycles. The second-order valence-electron chi connectivity index (χ2n) is 11.0. The second-order valence-corrected chi connectivity index (χ2v) is 11.0. The summed E-state index contributed by atoms with van der Waals surface area (Å²) >= 11 is 0. The molecule has 0 bridgehead atoms. The Kier molecular flexibility index (Phi) is 29.0. The Hall–Kier alpha value is -1.69. The van der Waals surface area contributed by atoms with E-state index in [9.17, 15) is 20.1 Å². The van der Waals surface area contributed by atoms with Crippen LogP contribution in [0.4, 0.5) is 0 Å². The number of aliphatic hydroxyl groups excluding tert-OH is 3. The smallest absolute Gasteiger partial charge is 0.220 e. The number of amides is 1. The lowest BCUT2D eigenvalue weighted by atomic mass is 10.1. The van der Waals surface area contributed by atoms with E-state index in [0.717, 1.165) is 57.8 Å². The SMILES string of the molecule is CC/C=C/CC(O)/C=C/C=C/CCCCCCCC(=O)N[C@@H](CO)[C@H](O)/C=C/CCCCCCCCCCCC. The van der Waals surface area contributed by atoms with Gasteiger partial charge < -0.3 is 20.6 Å². The summed E-state index contributed by atoms with van der Waals surface area (Å²) in [6.45, 7) is 4.06. The molecule has 3 atom stereocenters. The van der Waals surface area contributed by atoms with Crippen LogP contribution in [-0.2, 0) is 4.79 Å². The standard InChI is InChI=1S/C35H63NO4/c1-3-5-7-8-9-10-11-12-15-18-21-25-29-34(39)33(31-37)36-35(40)30-26-22-19-16-13-14-17-20-24-28-32(38)27-23-6-4-2/h6,17,20,23-25,28-29,32-34,37-39H,3-5,7-16,18-19,21-22,26-27,30-31H2,1-2H3,(H,36,40)/b20-17+,23-6+,28-24+,29-25+/t32?,33-,34+/m0/s1. The molecule has 4 N–H and O–H groups in total. The lowest BCUT2D eigenvalue weighted by Crippen LogP contribution is -2.45. The zero-order valence-corrected chi connectivity index (χ0v) is 25.9. The topological polar surface area (TPSA) is 89.8 Å². The van der Waals surface area contributed by atoms with Gasteiger partial charge in [-0.05, 0) is 44.9 Å². The summed E-state index contributed by atoms with van der Waals surface area (Å²) in [5, 5.41) is 32.6. The van der Waals surface area contributed by atoms with E-state index in [2.05, 4.69) is 31.3 Å². The van der Waals surface area contributed by atoms with Gasteiger partial charge in [0.25, 0.3) is 0 Å². The molecule has 0 fully saturated rings. The Morgan fingerprint density at radius 2 is 1.25 bits per heavy atom. The van der Waals surface area contributed by atoms with Gasteiger partial charge in [0, 0.05) is 6.42 Å². The van der Waals surface area contributed by atoms with Crippen LogP contribution < -0.4 is 5.32 Å². The van der Waals surface area contributed by atoms with Crippen LogP contribution >= 0.6 is 0 Å². The Morgan fingerprint density at radius 1 is 0.675 bits per heavy atom. The van der Waals surface area contributed by atoms with Crippen molar-refractivity contribution in [2.75, 3.05) is 6.61 Å². The molecule has 0 saturated carbocycles. The van der Waals surface area contributed by atoms with Crippen LogP contribution in [0.5, 0.6) is 0 Å². The lowest BCUT2D eigenvalue weighted by molar-refractivity contribution is -0.123. The number of rotatable bonds is 28. The number of carbonyl (C=O) groups is 1. The molecule has 232 valence electrons. The summed E-state index contributed by atoms with van der Waals surface area (Å²) in [5.74, 6) is -0.108. The minimum Gasteiger partial charge on any atom is -0.394 e. The van der Waals surface area contributed by atoms with Gasteiger partial charge in [-0.15, -0.1) is 0 Å². The number of carbonyl (C=O) groups excluding carboxylic acids is 1. The molecule has 0 aliphatic rings. The molecule has 5 heteroatoms. The predicted octanol–water partition coefficient (Wildman–Crippen LogP) is 8.25. The molecular formula is C35H63NO4. The molecule has 0 rings (SSSR count). The highest BCUT2D eigenvalue weighted by Crippen LogP contribution is 2.12. The maximum atomic E-state index is 12.3. The zero-order valence-electron chi connectivity index (χ0n) is 25.9. The van der Waals surface area contributed by atoms with Gasteiger partial charge in [-0.2, -0.15) is 0 Å². The van der Waals surface area contributed by atoms with Gasteiger partial charge in [-0.3, -0.25) is 4.79 Å². The van der Waals surface area contributed by atoms with Gasteiger partial charge in [-0.25, -0.2) is 0 Å². The van der Waals surface area contributed by atoms with Crippen LogP contribution in [0.25, 0.3) is 0 Å². The van der Waals surface area contributed by atoms with Crippen molar-refractivity contribution in [3.8, 4) is 0 Å². The fraction of sp³-hybridized carbons (Fsp3) is 0.743. The predicted molar refractivity (Wildman–Crippen MR) is 171 cm³/mol. The van der Waals surface area contributed by atoms with Gasteiger partial charge in [0.1, 0.15) is 0 Å². The molecule has 5 nitrogen and oxygen atoms in total. The summed E-state index contributed by atoms with van der Waals surface area (Å²) in [6, 6.07) is -0.647. The number of allylic oxidation sites excluding steroid dienone is 5. The first kappa shape index (κ1) is 38.3. The van der Waals surface area contributed by atoms with Crippen LogP contribution in [-0.4, -0.2) is 46.1 Å². The molecule has 40 heavy (non-hydrogen) atoms. The molecule has 1 amide bonds. The number of hydrogen-bond acceptors (Lipinski definition) is 4. The molecule has 0 aliphatic heterocycles. The number of aliphatic hydroxyl groups is 3. The van der Waals surface area contributed by atoms with Crippen molar-refractivity contribution in [2.24, 2.45) is 0 Å². The monoisotopic (exact) mass is 561 g/mol. The van der Waals surface area contributed by atoms with Crippen molar-refractivity contribution < 1.29 is 20.1 Å². The Labute approximate surface area is 246 Å². The van der Waals surface area contributed by atoms with Gasteiger partial charge in [-0.1, -0.05) is 140 Å². The molecule has 0 aliphatic carbocycles. The van der Waals surface area contributed by atoms with Crippen LogP contribution in [0.3, 0.4) is 0 Å². The van der Waals surface area contributed by atoms with Crippen LogP contribution in [0.2, 0.25) is 0 Å². The van der Waals surface area contributed by atoms with Crippen LogP contribution in [0, 0.1) is 0 Å². The van der Waals surface area contributed by atoms with Crippen molar-refractivity contribution in [3.05, 3.63) is 48.6 Å². The fourth-order valence-electron chi connectivity index (χ4n) is 4.56. The maximum absolute atomic E-state index is 12.3. The summed E-state index contributed by atoms with van der Waals surface area (Å²) in [6.07, 6.45) is 36.5. The lowest BCUT2D eigenvalue weighted by Gasteiger charge is -2.20. The Morgan fingerprint density at radius 3 is 1.85 bits per heavy atom. The minimum absolute atomic E-state index is 0.108. The number of nitrogens with one attached hydrogen (secondary N) is 1. The van der Waals surface area contributed by atoms with Crippen molar-refractivity contribution in [1.82, 2.24) is 5.32 Å². The summed E-state index contributed by atoms with van der Waals surface area (Å²) < 4.78 is 0. The van der Waals surface area contributed by atoms with Crippen molar-refractivity contribution in [1.29, 1.82) is 0 Å². The molecule has 0 radical (unpaired) electrons. The minimum atomic E-state index is -0.860. The second kappa shape index (κ2) is 30.3. The van der Waals surface area contributed by atoms with Crippen molar-refractivity contribution in [2.45, 2.75) is 161 Å². The molecule has 0 spiro atoms. The van der Waals surface area contributed by atoms with Crippen LogP contribution in [0.1, 0.15) is 142 Å². The molecule has 0 aromatic carbocycles. The largest absolute Gasteiger partial charge is 0.394 e. The van der Waals surface area contributed by atoms with Gasteiger partial charge in [0.2, 0.25) is 5.91 Å². The van der Waals surface area contributed by atoms with E-state index in [1.165, 1.54) is 57.8 Å². The quantitative estimate of drug-likeness (QED) is 0.0440. The Balaban J connectivity index is 3.78. The van der Waals surface area contributed by atoms with Crippen LogP contribution in [0.15, 0.2) is 48.6 Å². The summed E-state index contributed by atoms with van der Waals surface area (Å²) in [5.41, 5.74) is 0. The Bertz CT molecular complexity index is 670. The highest BCUT2D eigenvalue weighted by molar-refractivity contribution is 5.76. The summed E-state index contributed by atoms with van der Waals surface area (Å²) in [7, 11) is 0.